The number of hydrogen-bond acceptors (Lipinski definition) is 5. The summed E-state index contributed by atoms with van der Waals surface area (Å²) in [6, 6.07) is 0. The molecule has 6 nitrogen and oxygen atoms in total. The quantitative estimate of drug-likeness (QED) is 0.848. The molecule has 0 aliphatic carbocycles. The Balaban J connectivity index is 2.16. The number of amides is 1. The fourth-order valence-electron chi connectivity index (χ4n) is 1.90. The zero-order valence-electron chi connectivity index (χ0n) is 12.5. The lowest BCUT2D eigenvalue weighted by Crippen LogP contribution is -2.20. The van der Waals surface area contributed by atoms with Gasteiger partial charge in [-0.05, 0) is 26.3 Å². The van der Waals surface area contributed by atoms with E-state index in [-0.39, 0.29) is 19.1 Å². The van der Waals surface area contributed by atoms with Gasteiger partial charge in [0.25, 0.3) is 0 Å². The largest absolute Gasteiger partial charge is 0.462 e. The molecule has 0 unspecified atom stereocenters. The van der Waals surface area contributed by atoms with Gasteiger partial charge in [-0.2, -0.15) is 5.10 Å². The van der Waals surface area contributed by atoms with Gasteiger partial charge in [-0.1, -0.05) is 11.6 Å². The third kappa shape index (κ3) is 3.66. The van der Waals surface area contributed by atoms with Crippen LogP contribution in [0.2, 0.25) is 5.02 Å². The second-order valence-corrected chi connectivity index (χ2v) is 6.27. The zero-order chi connectivity index (χ0) is 16.3. The van der Waals surface area contributed by atoms with Gasteiger partial charge >= 0.3 is 5.97 Å². The first-order valence-electron chi connectivity index (χ1n) is 6.67. The highest BCUT2D eigenvalue weighted by Gasteiger charge is 2.22. The van der Waals surface area contributed by atoms with E-state index in [2.05, 4.69) is 10.4 Å². The summed E-state index contributed by atoms with van der Waals surface area (Å²) in [7, 11) is 0. The highest BCUT2D eigenvalue weighted by atomic mass is 35.5. The first kappa shape index (κ1) is 16.5. The van der Waals surface area contributed by atoms with Crippen molar-refractivity contribution in [2.75, 3.05) is 11.9 Å². The SMILES string of the molecule is CCOC(=O)c1c(NC(=O)Cn2cc(Cl)cn2)sc(C)c1C. The number of carbonyl (C=O) groups is 2. The van der Waals surface area contributed by atoms with Crippen molar-refractivity contribution >= 4 is 39.8 Å². The molecule has 0 aliphatic heterocycles. The summed E-state index contributed by atoms with van der Waals surface area (Å²) in [5.74, 6) is -0.714. The van der Waals surface area contributed by atoms with Crippen molar-refractivity contribution in [2.45, 2.75) is 27.3 Å². The molecule has 0 spiro atoms. The number of rotatable bonds is 5. The lowest BCUT2D eigenvalue weighted by atomic mass is 10.1. The second-order valence-electron chi connectivity index (χ2n) is 4.61. The molecule has 0 saturated carbocycles. The molecule has 2 aromatic rings. The maximum absolute atomic E-state index is 12.1. The number of ether oxygens (including phenoxy) is 1. The van der Waals surface area contributed by atoms with E-state index in [1.807, 2.05) is 13.8 Å². The van der Waals surface area contributed by atoms with E-state index in [4.69, 9.17) is 16.3 Å². The van der Waals surface area contributed by atoms with E-state index in [1.165, 1.54) is 22.2 Å². The molecule has 2 rings (SSSR count). The number of halogens is 1. The van der Waals surface area contributed by atoms with Crippen LogP contribution in [-0.4, -0.2) is 28.3 Å². The zero-order valence-corrected chi connectivity index (χ0v) is 14.0. The van der Waals surface area contributed by atoms with Gasteiger partial charge in [-0.15, -0.1) is 11.3 Å². The maximum Gasteiger partial charge on any atom is 0.341 e. The smallest absolute Gasteiger partial charge is 0.341 e. The summed E-state index contributed by atoms with van der Waals surface area (Å²) >= 11 is 7.11. The predicted octanol–water partition coefficient (Wildman–Crippen LogP) is 3.03. The third-order valence-electron chi connectivity index (χ3n) is 3.03. The lowest BCUT2D eigenvalue weighted by Gasteiger charge is -2.07. The van der Waals surface area contributed by atoms with E-state index in [9.17, 15) is 9.59 Å². The van der Waals surface area contributed by atoms with Gasteiger partial charge in [0.1, 0.15) is 11.5 Å². The number of nitrogens with zero attached hydrogens (tertiary/aromatic N) is 2. The van der Waals surface area contributed by atoms with Crippen LogP contribution >= 0.6 is 22.9 Å². The van der Waals surface area contributed by atoms with Gasteiger partial charge in [0.05, 0.1) is 23.4 Å². The number of hydrogen-bond donors (Lipinski definition) is 1. The number of thiophene rings is 1. The average Bonchev–Trinajstić information content (AvgIpc) is 2.94. The molecule has 1 N–H and O–H groups in total. The van der Waals surface area contributed by atoms with Crippen LogP contribution in [0.4, 0.5) is 5.00 Å². The molecule has 0 radical (unpaired) electrons. The minimum atomic E-state index is -0.429. The number of aryl methyl sites for hydroxylation is 1. The van der Waals surface area contributed by atoms with Gasteiger partial charge in [0, 0.05) is 11.1 Å². The lowest BCUT2D eigenvalue weighted by molar-refractivity contribution is -0.116. The number of nitrogens with one attached hydrogen (secondary N) is 1. The monoisotopic (exact) mass is 341 g/mol. The molecule has 118 valence electrons. The summed E-state index contributed by atoms with van der Waals surface area (Å²) < 4.78 is 6.47. The molecule has 2 heterocycles. The predicted molar refractivity (Wildman–Crippen MR) is 85.6 cm³/mol. The van der Waals surface area contributed by atoms with Gasteiger partial charge in [0.2, 0.25) is 5.91 Å². The molecule has 8 heteroatoms. The van der Waals surface area contributed by atoms with Crippen LogP contribution in [0.5, 0.6) is 0 Å². The second kappa shape index (κ2) is 6.93. The first-order chi connectivity index (χ1) is 10.4. The average molecular weight is 342 g/mol. The molecule has 0 fully saturated rings. The van der Waals surface area contributed by atoms with E-state index in [1.54, 1.807) is 13.1 Å². The highest BCUT2D eigenvalue weighted by molar-refractivity contribution is 7.16. The van der Waals surface area contributed by atoms with Crippen LogP contribution < -0.4 is 5.32 Å². The van der Waals surface area contributed by atoms with Crippen molar-refractivity contribution in [3.8, 4) is 0 Å². The Hall–Kier alpha value is -1.86. The van der Waals surface area contributed by atoms with Crippen LogP contribution in [0.25, 0.3) is 0 Å². The van der Waals surface area contributed by atoms with Crippen molar-refractivity contribution in [1.82, 2.24) is 9.78 Å². The first-order valence-corrected chi connectivity index (χ1v) is 7.86. The summed E-state index contributed by atoms with van der Waals surface area (Å²) in [4.78, 5) is 25.1. The van der Waals surface area contributed by atoms with Crippen molar-refractivity contribution in [2.24, 2.45) is 0 Å². The number of aromatic nitrogens is 2. The van der Waals surface area contributed by atoms with Crippen LogP contribution in [0.1, 0.15) is 27.7 Å². The Morgan fingerprint density at radius 2 is 2.18 bits per heavy atom. The molecule has 0 atom stereocenters. The Morgan fingerprint density at radius 1 is 1.45 bits per heavy atom. The molecule has 0 saturated heterocycles. The van der Waals surface area contributed by atoms with E-state index in [0.717, 1.165) is 10.4 Å². The summed E-state index contributed by atoms with van der Waals surface area (Å²) in [6.07, 6.45) is 3.01. The molecule has 0 aliphatic rings. The molecule has 2 aromatic heterocycles. The number of esters is 1. The summed E-state index contributed by atoms with van der Waals surface area (Å²) in [5, 5.41) is 7.64. The number of carbonyl (C=O) groups excluding carboxylic acids is 2. The standard InChI is InChI=1S/C14H16ClN3O3S/c1-4-21-14(20)12-8(2)9(3)22-13(12)17-11(19)7-18-6-10(15)5-16-18/h5-6H,4,7H2,1-3H3,(H,17,19). The third-order valence-corrected chi connectivity index (χ3v) is 4.34. The summed E-state index contributed by atoms with van der Waals surface area (Å²) in [5.41, 5.74) is 1.23. The van der Waals surface area contributed by atoms with Gasteiger partial charge in [0.15, 0.2) is 0 Å². The normalized spacial score (nSPS) is 10.5. The number of anilines is 1. The van der Waals surface area contributed by atoms with Crippen molar-refractivity contribution in [3.05, 3.63) is 33.4 Å². The van der Waals surface area contributed by atoms with Crippen LogP contribution in [0.15, 0.2) is 12.4 Å². The molecule has 1 amide bonds. The van der Waals surface area contributed by atoms with Crippen molar-refractivity contribution < 1.29 is 14.3 Å². The van der Waals surface area contributed by atoms with E-state index >= 15 is 0 Å². The molecular formula is C14H16ClN3O3S. The van der Waals surface area contributed by atoms with Gasteiger partial charge in [-0.3, -0.25) is 9.48 Å². The fraction of sp³-hybridized carbons (Fsp3) is 0.357. The van der Waals surface area contributed by atoms with Gasteiger partial charge in [-0.25, -0.2) is 4.79 Å². The Kier molecular flexibility index (Phi) is 5.20. The van der Waals surface area contributed by atoms with Crippen LogP contribution in [-0.2, 0) is 16.1 Å². The summed E-state index contributed by atoms with van der Waals surface area (Å²) in [6.45, 7) is 5.77. The molecule has 0 bridgehead atoms. The van der Waals surface area contributed by atoms with Crippen molar-refractivity contribution in [3.63, 3.8) is 0 Å². The Bertz CT molecular complexity index is 708. The molecule has 22 heavy (non-hydrogen) atoms. The minimum absolute atomic E-state index is 0.0188. The van der Waals surface area contributed by atoms with E-state index < -0.39 is 5.97 Å². The highest BCUT2D eigenvalue weighted by Crippen LogP contribution is 2.33. The topological polar surface area (TPSA) is 73.2 Å². The van der Waals surface area contributed by atoms with E-state index in [0.29, 0.717) is 15.6 Å². The van der Waals surface area contributed by atoms with Crippen molar-refractivity contribution in [1.29, 1.82) is 0 Å². The fourth-order valence-corrected chi connectivity index (χ4v) is 3.12. The van der Waals surface area contributed by atoms with Crippen LogP contribution in [0, 0.1) is 13.8 Å². The van der Waals surface area contributed by atoms with Gasteiger partial charge < -0.3 is 10.1 Å². The Labute approximate surface area is 137 Å². The molecule has 0 aromatic carbocycles. The maximum atomic E-state index is 12.1. The Morgan fingerprint density at radius 3 is 2.77 bits per heavy atom. The minimum Gasteiger partial charge on any atom is -0.462 e. The van der Waals surface area contributed by atoms with Crippen LogP contribution in [0.3, 0.4) is 0 Å². The molecular weight excluding hydrogens is 326 g/mol.